The van der Waals surface area contributed by atoms with E-state index in [4.69, 9.17) is 10.7 Å². The molecule has 1 fully saturated rings. The molecule has 0 atom stereocenters. The molecule has 0 radical (unpaired) electrons. The van der Waals surface area contributed by atoms with Gasteiger partial charge in [-0.15, -0.1) is 0 Å². The van der Waals surface area contributed by atoms with Gasteiger partial charge in [-0.25, -0.2) is 0 Å². The Kier molecular flexibility index (Phi) is 3.34. The molecule has 0 aromatic rings. The fourth-order valence-corrected chi connectivity index (χ4v) is 2.28. The zero-order valence-corrected chi connectivity index (χ0v) is 8.61. The van der Waals surface area contributed by atoms with E-state index in [0.29, 0.717) is 13.1 Å². The van der Waals surface area contributed by atoms with Crippen LogP contribution in [0.5, 0.6) is 0 Å². The van der Waals surface area contributed by atoms with Crippen LogP contribution in [-0.2, 0) is 9.24 Å². The highest BCUT2D eigenvalue weighted by Gasteiger charge is 2.23. The predicted octanol–water partition coefficient (Wildman–Crippen LogP) is 0.107. The van der Waals surface area contributed by atoms with E-state index in [1.165, 1.54) is 4.31 Å². The van der Waals surface area contributed by atoms with E-state index in [9.17, 15) is 8.42 Å². The smallest absolute Gasteiger partial charge is 0.299 e. The van der Waals surface area contributed by atoms with Gasteiger partial charge in [0.05, 0.1) is 0 Å². The molecule has 0 bridgehead atoms. The molecule has 12 heavy (non-hydrogen) atoms. The molecular weight excluding hydrogens is 200 g/mol. The van der Waals surface area contributed by atoms with Crippen LogP contribution in [0.4, 0.5) is 0 Å². The Bertz CT molecular complexity index is 234. The summed E-state index contributed by atoms with van der Waals surface area (Å²) in [6.45, 7) is 5.62. The Morgan fingerprint density at radius 3 is 2.08 bits per heavy atom. The third-order valence-corrected chi connectivity index (χ3v) is 3.65. The van der Waals surface area contributed by atoms with E-state index in [-0.39, 0.29) is 0 Å². The monoisotopic (exact) mass is 212 g/mol. The van der Waals surface area contributed by atoms with Gasteiger partial charge in [-0.1, -0.05) is 6.92 Å². The summed E-state index contributed by atoms with van der Waals surface area (Å²) in [5.41, 5.74) is 0. The lowest BCUT2D eigenvalue weighted by molar-refractivity contribution is 0.198. The molecule has 72 valence electrons. The van der Waals surface area contributed by atoms with Crippen molar-refractivity contribution < 1.29 is 8.42 Å². The Labute approximate surface area is 77.6 Å². The Morgan fingerprint density at radius 1 is 1.25 bits per heavy atom. The summed E-state index contributed by atoms with van der Waals surface area (Å²) >= 11 is 0. The van der Waals surface area contributed by atoms with Gasteiger partial charge in [0, 0.05) is 36.9 Å². The standard InChI is InChI=1S/C6H13ClN2O2S/c1-2-8-3-5-9(6-4-8)12(7,10)11/h2-6H2,1H3. The minimum Gasteiger partial charge on any atom is -0.301 e. The van der Waals surface area contributed by atoms with Gasteiger partial charge in [0.25, 0.3) is 9.24 Å². The molecule has 0 amide bonds. The van der Waals surface area contributed by atoms with Gasteiger partial charge in [0.15, 0.2) is 0 Å². The quantitative estimate of drug-likeness (QED) is 0.610. The number of piperazine rings is 1. The van der Waals surface area contributed by atoms with Crippen LogP contribution in [0.1, 0.15) is 6.92 Å². The van der Waals surface area contributed by atoms with Crippen LogP contribution in [0.3, 0.4) is 0 Å². The number of rotatable bonds is 2. The van der Waals surface area contributed by atoms with Crippen molar-refractivity contribution >= 4 is 19.9 Å². The minimum absolute atomic E-state index is 0.514. The van der Waals surface area contributed by atoms with E-state index in [0.717, 1.165) is 19.6 Å². The Morgan fingerprint density at radius 2 is 1.75 bits per heavy atom. The van der Waals surface area contributed by atoms with Crippen molar-refractivity contribution in [1.82, 2.24) is 9.21 Å². The maximum Gasteiger partial charge on any atom is 0.299 e. The molecule has 4 nitrogen and oxygen atoms in total. The minimum atomic E-state index is -3.48. The van der Waals surface area contributed by atoms with Crippen molar-refractivity contribution in [3.05, 3.63) is 0 Å². The lowest BCUT2D eigenvalue weighted by atomic mass is 10.4. The third kappa shape index (κ3) is 2.58. The number of nitrogens with zero attached hydrogens (tertiary/aromatic N) is 2. The number of likely N-dealkylation sites (N-methyl/N-ethyl adjacent to an activating group) is 1. The molecule has 1 aliphatic heterocycles. The van der Waals surface area contributed by atoms with Gasteiger partial charge in [0.1, 0.15) is 0 Å². The summed E-state index contributed by atoms with van der Waals surface area (Å²) in [6, 6.07) is 0. The van der Waals surface area contributed by atoms with E-state index in [1.807, 2.05) is 0 Å². The van der Waals surface area contributed by atoms with E-state index in [1.54, 1.807) is 0 Å². The maximum absolute atomic E-state index is 10.9. The summed E-state index contributed by atoms with van der Waals surface area (Å²) < 4.78 is 23.0. The van der Waals surface area contributed by atoms with Crippen molar-refractivity contribution in [2.24, 2.45) is 0 Å². The molecule has 1 heterocycles. The van der Waals surface area contributed by atoms with Crippen LogP contribution < -0.4 is 0 Å². The zero-order chi connectivity index (χ0) is 9.19. The van der Waals surface area contributed by atoms with E-state index >= 15 is 0 Å². The number of hydrogen-bond acceptors (Lipinski definition) is 3. The molecule has 1 rings (SSSR count). The van der Waals surface area contributed by atoms with Gasteiger partial charge < -0.3 is 4.90 Å². The third-order valence-electron chi connectivity index (χ3n) is 2.09. The fourth-order valence-electron chi connectivity index (χ4n) is 1.26. The van der Waals surface area contributed by atoms with Crippen LogP contribution in [0, 0.1) is 0 Å². The van der Waals surface area contributed by atoms with Crippen molar-refractivity contribution in [1.29, 1.82) is 0 Å². The molecule has 1 aliphatic rings. The first-order valence-electron chi connectivity index (χ1n) is 3.96. The second kappa shape index (κ2) is 3.91. The predicted molar refractivity (Wildman–Crippen MR) is 48.5 cm³/mol. The summed E-state index contributed by atoms with van der Waals surface area (Å²) in [5.74, 6) is 0. The molecule has 1 saturated heterocycles. The highest BCUT2D eigenvalue weighted by Crippen LogP contribution is 2.09. The number of hydrogen-bond donors (Lipinski definition) is 0. The normalized spacial score (nSPS) is 22.8. The molecular formula is C6H13ClN2O2S. The van der Waals surface area contributed by atoms with Gasteiger partial charge >= 0.3 is 0 Å². The molecule has 0 spiro atoms. The molecule has 0 saturated carbocycles. The van der Waals surface area contributed by atoms with Crippen LogP contribution >= 0.6 is 10.7 Å². The average molecular weight is 213 g/mol. The van der Waals surface area contributed by atoms with Gasteiger partial charge in [0.2, 0.25) is 0 Å². The Hall–Kier alpha value is 0.160. The molecule has 0 aromatic heterocycles. The van der Waals surface area contributed by atoms with Crippen molar-refractivity contribution in [2.45, 2.75) is 6.92 Å². The first-order chi connectivity index (χ1) is 5.54. The molecule has 0 aliphatic carbocycles. The largest absolute Gasteiger partial charge is 0.301 e. The highest BCUT2D eigenvalue weighted by molar-refractivity contribution is 8.11. The van der Waals surface area contributed by atoms with E-state index < -0.39 is 9.24 Å². The highest BCUT2D eigenvalue weighted by atomic mass is 35.7. The second-order valence-electron chi connectivity index (χ2n) is 2.78. The van der Waals surface area contributed by atoms with Gasteiger partial charge in [-0.05, 0) is 6.54 Å². The van der Waals surface area contributed by atoms with Crippen molar-refractivity contribution in [3.8, 4) is 0 Å². The van der Waals surface area contributed by atoms with E-state index in [2.05, 4.69) is 11.8 Å². The topological polar surface area (TPSA) is 40.6 Å². The average Bonchev–Trinajstić information content (AvgIpc) is 2.03. The van der Waals surface area contributed by atoms with Crippen molar-refractivity contribution in [2.75, 3.05) is 32.7 Å². The summed E-state index contributed by atoms with van der Waals surface area (Å²) in [6.07, 6.45) is 0. The molecule has 0 unspecified atom stereocenters. The fraction of sp³-hybridized carbons (Fsp3) is 1.00. The summed E-state index contributed by atoms with van der Waals surface area (Å²) in [4.78, 5) is 2.19. The van der Waals surface area contributed by atoms with Gasteiger partial charge in [-0.2, -0.15) is 12.7 Å². The van der Waals surface area contributed by atoms with Crippen LogP contribution in [0.25, 0.3) is 0 Å². The van der Waals surface area contributed by atoms with Crippen LogP contribution in [0.15, 0.2) is 0 Å². The maximum atomic E-state index is 10.9. The zero-order valence-electron chi connectivity index (χ0n) is 7.03. The second-order valence-corrected chi connectivity index (χ2v) is 5.29. The summed E-state index contributed by atoms with van der Waals surface area (Å²) in [5, 5.41) is 0. The summed E-state index contributed by atoms with van der Waals surface area (Å²) in [7, 11) is 1.70. The first kappa shape index (κ1) is 10.2. The van der Waals surface area contributed by atoms with Gasteiger partial charge in [-0.3, -0.25) is 0 Å². The first-order valence-corrected chi connectivity index (χ1v) is 6.22. The lowest BCUT2D eigenvalue weighted by Gasteiger charge is -2.31. The Balaban J connectivity index is 2.47. The molecule has 0 N–H and O–H groups in total. The molecule has 0 aromatic carbocycles. The number of halogens is 1. The van der Waals surface area contributed by atoms with Crippen molar-refractivity contribution in [3.63, 3.8) is 0 Å². The van der Waals surface area contributed by atoms with Crippen LogP contribution in [0.2, 0.25) is 0 Å². The SMILES string of the molecule is CCN1CCN(S(=O)(=O)Cl)CC1. The van der Waals surface area contributed by atoms with Crippen LogP contribution in [-0.4, -0.2) is 50.3 Å². The lowest BCUT2D eigenvalue weighted by Crippen LogP contribution is -2.47. The molecule has 6 heteroatoms.